The van der Waals surface area contributed by atoms with Gasteiger partial charge in [-0.05, 0) is 96.3 Å². The number of aliphatic hydroxyl groups is 8. The molecule has 1 amide bonds. The first-order valence-corrected chi connectivity index (χ1v) is 29.3. The van der Waals surface area contributed by atoms with Crippen LogP contribution in [-0.4, -0.2) is 140 Å². The summed E-state index contributed by atoms with van der Waals surface area (Å²) >= 11 is 0. The summed E-state index contributed by atoms with van der Waals surface area (Å²) in [6, 6.07) is -0.954. The van der Waals surface area contributed by atoms with Gasteiger partial charge in [-0.1, -0.05) is 193 Å². The third-order valence-electron chi connectivity index (χ3n) is 13.4. The molecule has 12 unspecified atom stereocenters. The molecular formula is C63H103NO13. The highest BCUT2D eigenvalue weighted by molar-refractivity contribution is 5.76. The first-order valence-electron chi connectivity index (χ1n) is 29.3. The zero-order valence-corrected chi connectivity index (χ0v) is 46.9. The number of rotatable bonds is 44. The van der Waals surface area contributed by atoms with Crippen molar-refractivity contribution in [1.82, 2.24) is 5.32 Å². The molecule has 438 valence electrons. The second-order valence-corrected chi connectivity index (χ2v) is 20.0. The van der Waals surface area contributed by atoms with Crippen LogP contribution in [0.2, 0.25) is 0 Å². The van der Waals surface area contributed by atoms with Crippen molar-refractivity contribution in [3.05, 3.63) is 122 Å². The fraction of sp³-hybridized carbons (Fsp3) is 0.667. The van der Waals surface area contributed by atoms with Gasteiger partial charge < -0.3 is 65.1 Å². The molecule has 0 aliphatic carbocycles. The third-order valence-corrected chi connectivity index (χ3v) is 13.4. The second kappa shape index (κ2) is 47.2. The van der Waals surface area contributed by atoms with Gasteiger partial charge >= 0.3 is 0 Å². The molecule has 0 aromatic rings. The van der Waals surface area contributed by atoms with Crippen molar-refractivity contribution in [2.24, 2.45) is 0 Å². The molecule has 0 spiro atoms. The van der Waals surface area contributed by atoms with Crippen molar-refractivity contribution in [3.63, 3.8) is 0 Å². The molecule has 2 rings (SSSR count). The molecule has 2 aliphatic heterocycles. The van der Waals surface area contributed by atoms with E-state index in [9.17, 15) is 45.6 Å². The molecule has 14 heteroatoms. The van der Waals surface area contributed by atoms with E-state index in [0.717, 1.165) is 89.9 Å². The minimum Gasteiger partial charge on any atom is -0.394 e. The SMILES string of the molecule is CC/C=C\C/C=C\C/C=C\C/C=C\C/C=C\C/C=C\C/C=C\C/C=C\CCCCCCC(=O)NC(COC1OC(CO)C(OC2OC(CO)C(O)C(O)C2O)C(O)C1O)C(O)/C=C/CC/C=C/CCCCCCCCCC. The van der Waals surface area contributed by atoms with Crippen molar-refractivity contribution < 1.29 is 64.6 Å². The Hall–Kier alpha value is -3.61. The van der Waals surface area contributed by atoms with Gasteiger partial charge in [0.15, 0.2) is 12.6 Å². The Morgan fingerprint density at radius 3 is 1.43 bits per heavy atom. The van der Waals surface area contributed by atoms with E-state index >= 15 is 0 Å². The lowest BCUT2D eigenvalue weighted by Crippen LogP contribution is -2.65. The number of carbonyl (C=O) groups excluding carboxylic acids is 1. The van der Waals surface area contributed by atoms with E-state index in [1.807, 2.05) is 6.08 Å². The number of aliphatic hydroxyl groups excluding tert-OH is 8. The van der Waals surface area contributed by atoms with Gasteiger partial charge in [0, 0.05) is 6.42 Å². The van der Waals surface area contributed by atoms with Crippen LogP contribution in [0.5, 0.6) is 0 Å². The number of hydrogen-bond donors (Lipinski definition) is 9. The molecule has 2 fully saturated rings. The first-order chi connectivity index (χ1) is 37.6. The van der Waals surface area contributed by atoms with Crippen LogP contribution in [0.3, 0.4) is 0 Å². The molecule has 2 aliphatic rings. The Kier molecular flexibility index (Phi) is 42.6. The van der Waals surface area contributed by atoms with E-state index in [-0.39, 0.29) is 18.9 Å². The Bertz CT molecular complexity index is 1750. The second-order valence-electron chi connectivity index (χ2n) is 20.0. The van der Waals surface area contributed by atoms with Gasteiger partial charge in [0.2, 0.25) is 5.91 Å². The summed E-state index contributed by atoms with van der Waals surface area (Å²) in [6.07, 6.45) is 50.9. The van der Waals surface area contributed by atoms with Crippen LogP contribution in [0, 0.1) is 0 Å². The highest BCUT2D eigenvalue weighted by atomic mass is 16.7. The maximum Gasteiger partial charge on any atom is 0.220 e. The van der Waals surface area contributed by atoms with Crippen LogP contribution >= 0.6 is 0 Å². The van der Waals surface area contributed by atoms with Crippen LogP contribution in [0.15, 0.2) is 122 Å². The van der Waals surface area contributed by atoms with Gasteiger partial charge in [-0.3, -0.25) is 4.79 Å². The maximum atomic E-state index is 13.2. The quantitative estimate of drug-likeness (QED) is 0.0205. The molecule has 2 saturated heterocycles. The summed E-state index contributed by atoms with van der Waals surface area (Å²) in [5.74, 6) is -0.281. The molecule has 0 radical (unpaired) electrons. The Morgan fingerprint density at radius 1 is 0.481 bits per heavy atom. The predicted octanol–water partition coefficient (Wildman–Crippen LogP) is 9.83. The number of unbranched alkanes of at least 4 members (excludes halogenated alkanes) is 13. The van der Waals surface area contributed by atoms with Crippen LogP contribution in [-0.2, 0) is 23.7 Å². The zero-order chi connectivity index (χ0) is 56.0. The lowest BCUT2D eigenvalue weighted by Gasteiger charge is -2.46. The summed E-state index contributed by atoms with van der Waals surface area (Å²) in [5.41, 5.74) is 0. The van der Waals surface area contributed by atoms with Gasteiger partial charge in [-0.15, -0.1) is 0 Å². The van der Waals surface area contributed by atoms with Crippen molar-refractivity contribution in [1.29, 1.82) is 0 Å². The van der Waals surface area contributed by atoms with Gasteiger partial charge in [0.05, 0.1) is 32.0 Å². The minimum atomic E-state index is -1.80. The highest BCUT2D eigenvalue weighted by Gasteiger charge is 2.51. The third kappa shape index (κ3) is 32.9. The zero-order valence-electron chi connectivity index (χ0n) is 46.9. The molecule has 0 aromatic carbocycles. The maximum absolute atomic E-state index is 13.2. The van der Waals surface area contributed by atoms with Crippen molar-refractivity contribution >= 4 is 5.91 Å². The lowest BCUT2D eigenvalue weighted by atomic mass is 9.97. The number of allylic oxidation sites excluding steroid dienone is 19. The monoisotopic (exact) mass is 1080 g/mol. The van der Waals surface area contributed by atoms with E-state index < -0.39 is 86.8 Å². The number of nitrogens with one attached hydrogen (secondary N) is 1. The van der Waals surface area contributed by atoms with Crippen LogP contribution in [0.1, 0.15) is 174 Å². The van der Waals surface area contributed by atoms with E-state index in [1.54, 1.807) is 6.08 Å². The first kappa shape index (κ1) is 69.5. The van der Waals surface area contributed by atoms with E-state index in [4.69, 9.17) is 18.9 Å². The van der Waals surface area contributed by atoms with Crippen molar-refractivity contribution in [3.8, 4) is 0 Å². The normalized spacial score (nSPS) is 25.6. The molecule has 0 aromatic heterocycles. The number of ether oxygens (including phenoxy) is 4. The van der Waals surface area contributed by atoms with E-state index in [2.05, 4.69) is 129 Å². The summed E-state index contributed by atoms with van der Waals surface area (Å²) < 4.78 is 22.7. The van der Waals surface area contributed by atoms with Gasteiger partial charge in [0.1, 0.15) is 48.8 Å². The van der Waals surface area contributed by atoms with Gasteiger partial charge in [-0.2, -0.15) is 0 Å². The Balaban J connectivity index is 1.77. The smallest absolute Gasteiger partial charge is 0.220 e. The molecule has 0 saturated carbocycles. The molecular weight excluding hydrogens is 979 g/mol. The van der Waals surface area contributed by atoms with Crippen molar-refractivity contribution in [2.45, 2.75) is 248 Å². The molecule has 9 N–H and O–H groups in total. The Labute approximate surface area is 463 Å². The van der Waals surface area contributed by atoms with Crippen LogP contribution in [0.4, 0.5) is 0 Å². The summed E-state index contributed by atoms with van der Waals surface area (Å²) in [5, 5.41) is 86.9. The van der Waals surface area contributed by atoms with Crippen LogP contribution in [0.25, 0.3) is 0 Å². The molecule has 12 atom stereocenters. The number of carbonyl (C=O) groups is 1. The van der Waals surface area contributed by atoms with Crippen LogP contribution < -0.4 is 5.32 Å². The number of amides is 1. The average molecular weight is 1080 g/mol. The number of hydrogen-bond acceptors (Lipinski definition) is 13. The summed E-state index contributed by atoms with van der Waals surface area (Å²) in [6.45, 7) is 2.61. The predicted molar refractivity (Wildman–Crippen MR) is 308 cm³/mol. The lowest BCUT2D eigenvalue weighted by molar-refractivity contribution is -0.359. The van der Waals surface area contributed by atoms with Gasteiger partial charge in [0.25, 0.3) is 0 Å². The summed E-state index contributed by atoms with van der Waals surface area (Å²) in [4.78, 5) is 13.2. The molecule has 77 heavy (non-hydrogen) atoms. The van der Waals surface area contributed by atoms with Crippen molar-refractivity contribution in [2.75, 3.05) is 19.8 Å². The average Bonchev–Trinajstić information content (AvgIpc) is 3.43. The van der Waals surface area contributed by atoms with Gasteiger partial charge in [-0.25, -0.2) is 0 Å². The molecule has 14 nitrogen and oxygen atoms in total. The topological polar surface area (TPSA) is 228 Å². The van der Waals surface area contributed by atoms with E-state index in [0.29, 0.717) is 12.8 Å². The molecule has 0 bridgehead atoms. The summed E-state index contributed by atoms with van der Waals surface area (Å²) in [7, 11) is 0. The highest BCUT2D eigenvalue weighted by Crippen LogP contribution is 2.30. The fourth-order valence-electron chi connectivity index (χ4n) is 8.67. The Morgan fingerprint density at radius 2 is 0.909 bits per heavy atom. The fourth-order valence-corrected chi connectivity index (χ4v) is 8.67. The largest absolute Gasteiger partial charge is 0.394 e. The minimum absolute atomic E-state index is 0.235. The molecule has 2 heterocycles. The standard InChI is InChI=1S/C63H103NO13/c1-3-5-7-9-11-13-15-17-19-20-21-22-23-24-25-26-27-28-29-30-31-32-33-35-37-39-41-43-45-47-55(68)64-51(52(67)46-44-42-40-38-36-34-18-16-14-12-10-8-6-4-2)50-74-62-60(73)58(71)61(54(49-66)76-62)77-63-59(72)57(70)56(69)53(48-65)75-63/h5,7,11,13,17,19,21-22,24-25,27-28,30-31,33,35-36,38,44,46,51-54,56-63,65-67,69-73H,3-4,6,8-10,12,14-16,18,20,23,26,29,32,34,37,39-43,45,47-50H2,1-2H3,(H,64,68)/b7-5-,13-11-,19-17-,22-21-,25-24-,28-27-,31-30-,35-33-,38-36+,46-44+. The van der Waals surface area contributed by atoms with E-state index in [1.165, 1.54) is 51.4 Å².